The molecule has 21 heavy (non-hydrogen) atoms. The molecule has 0 aliphatic rings. The van der Waals surface area contributed by atoms with Crippen molar-refractivity contribution in [2.45, 2.75) is 6.92 Å². The van der Waals surface area contributed by atoms with Crippen LogP contribution in [-0.2, 0) is 0 Å². The van der Waals surface area contributed by atoms with E-state index in [4.69, 9.17) is 18.8 Å². The monoisotopic (exact) mass is 276 g/mol. The second-order valence-corrected chi connectivity index (χ2v) is 4.87. The Bertz CT molecular complexity index is 894. The minimum Gasteiger partial charge on any atom is -0.463 e. The van der Waals surface area contributed by atoms with Crippen molar-refractivity contribution >= 4 is 11.0 Å². The molecule has 0 N–H and O–H groups in total. The summed E-state index contributed by atoms with van der Waals surface area (Å²) < 4.78 is 11.0. The van der Waals surface area contributed by atoms with E-state index in [9.17, 15) is 0 Å². The van der Waals surface area contributed by atoms with E-state index in [1.54, 1.807) is 12.5 Å². The number of nitrogens with zero attached hydrogens (tertiary/aromatic N) is 2. The Morgan fingerprint density at radius 2 is 1.38 bits per heavy atom. The number of aromatic nitrogens is 2. The first-order valence-corrected chi connectivity index (χ1v) is 6.67. The van der Waals surface area contributed by atoms with Gasteiger partial charge >= 0.3 is 0 Å². The van der Waals surface area contributed by atoms with Gasteiger partial charge in [-0.25, -0.2) is 9.97 Å². The zero-order chi connectivity index (χ0) is 14.2. The highest BCUT2D eigenvalue weighted by molar-refractivity contribution is 5.84. The van der Waals surface area contributed by atoms with Crippen molar-refractivity contribution in [2.24, 2.45) is 0 Å². The van der Waals surface area contributed by atoms with Crippen LogP contribution in [0.25, 0.3) is 33.9 Å². The third-order valence-corrected chi connectivity index (χ3v) is 3.33. The average Bonchev–Trinajstić information content (AvgIpc) is 3.19. The van der Waals surface area contributed by atoms with E-state index >= 15 is 0 Å². The fourth-order valence-electron chi connectivity index (χ4n) is 2.33. The molecular weight excluding hydrogens is 264 g/mol. The van der Waals surface area contributed by atoms with Crippen LogP contribution in [0.15, 0.2) is 63.8 Å². The van der Waals surface area contributed by atoms with Crippen molar-refractivity contribution in [3.63, 3.8) is 0 Å². The Balaban J connectivity index is 2.05. The first-order valence-electron chi connectivity index (χ1n) is 6.67. The second kappa shape index (κ2) is 4.59. The van der Waals surface area contributed by atoms with Gasteiger partial charge in [-0.05, 0) is 48.9 Å². The Labute approximate surface area is 121 Å². The number of benzene rings is 1. The van der Waals surface area contributed by atoms with Gasteiger partial charge in [0, 0.05) is 0 Å². The molecule has 4 nitrogen and oxygen atoms in total. The summed E-state index contributed by atoms with van der Waals surface area (Å²) >= 11 is 0. The van der Waals surface area contributed by atoms with Crippen LogP contribution in [0.2, 0.25) is 0 Å². The van der Waals surface area contributed by atoms with Crippen molar-refractivity contribution in [1.82, 2.24) is 9.97 Å². The van der Waals surface area contributed by atoms with Gasteiger partial charge in [0.1, 0.15) is 11.4 Å². The molecule has 0 spiro atoms. The summed E-state index contributed by atoms with van der Waals surface area (Å²) in [6.45, 7) is 2.04. The first-order chi connectivity index (χ1) is 10.3. The molecule has 0 aliphatic heterocycles. The van der Waals surface area contributed by atoms with Crippen LogP contribution in [0, 0.1) is 6.92 Å². The van der Waals surface area contributed by atoms with Gasteiger partial charge in [-0.2, -0.15) is 0 Å². The number of fused-ring (bicyclic) bond motifs is 1. The van der Waals surface area contributed by atoms with Crippen molar-refractivity contribution in [2.75, 3.05) is 0 Å². The summed E-state index contributed by atoms with van der Waals surface area (Å²) in [4.78, 5) is 9.42. The van der Waals surface area contributed by atoms with Gasteiger partial charge in [0.25, 0.3) is 0 Å². The van der Waals surface area contributed by atoms with E-state index in [1.165, 1.54) is 0 Å². The highest BCUT2D eigenvalue weighted by atomic mass is 16.3. The van der Waals surface area contributed by atoms with Crippen molar-refractivity contribution in [3.8, 4) is 22.9 Å². The summed E-state index contributed by atoms with van der Waals surface area (Å²) in [5, 5.41) is 0. The molecule has 4 rings (SSSR count). The first kappa shape index (κ1) is 11.9. The molecule has 0 bridgehead atoms. The molecule has 4 heteroatoms. The Morgan fingerprint density at radius 1 is 0.762 bits per heavy atom. The molecule has 0 fully saturated rings. The number of furan rings is 2. The molecular formula is C17H12N2O2. The summed E-state index contributed by atoms with van der Waals surface area (Å²) in [5.41, 5.74) is 4.20. The van der Waals surface area contributed by atoms with Crippen LogP contribution in [0.5, 0.6) is 0 Å². The largest absolute Gasteiger partial charge is 0.463 e. The van der Waals surface area contributed by atoms with Crippen LogP contribution in [0.3, 0.4) is 0 Å². The van der Waals surface area contributed by atoms with E-state index in [-0.39, 0.29) is 0 Å². The summed E-state index contributed by atoms with van der Waals surface area (Å²) in [5.74, 6) is 1.36. The topological polar surface area (TPSA) is 52.1 Å². The Morgan fingerprint density at radius 3 is 1.95 bits per heavy atom. The van der Waals surface area contributed by atoms with Crippen molar-refractivity contribution in [1.29, 1.82) is 0 Å². The minimum atomic E-state index is 0.677. The van der Waals surface area contributed by atoms with Gasteiger partial charge in [-0.1, -0.05) is 6.07 Å². The van der Waals surface area contributed by atoms with Gasteiger partial charge in [0.05, 0.1) is 23.6 Å². The molecule has 0 atom stereocenters. The second-order valence-electron chi connectivity index (χ2n) is 4.87. The Kier molecular flexibility index (Phi) is 2.60. The van der Waals surface area contributed by atoms with Crippen LogP contribution in [-0.4, -0.2) is 9.97 Å². The maximum Gasteiger partial charge on any atom is 0.154 e. The molecule has 3 aromatic heterocycles. The van der Waals surface area contributed by atoms with Crippen LogP contribution in [0.1, 0.15) is 5.56 Å². The van der Waals surface area contributed by atoms with Gasteiger partial charge in [-0.15, -0.1) is 0 Å². The molecule has 0 radical (unpaired) electrons. The predicted molar refractivity (Wildman–Crippen MR) is 79.7 cm³/mol. The lowest BCUT2D eigenvalue weighted by Crippen LogP contribution is -1.94. The molecule has 3 heterocycles. The van der Waals surface area contributed by atoms with E-state index in [2.05, 4.69) is 0 Å². The van der Waals surface area contributed by atoms with Gasteiger partial charge < -0.3 is 8.83 Å². The maximum atomic E-state index is 5.49. The number of rotatable bonds is 2. The van der Waals surface area contributed by atoms with Gasteiger partial charge in [0.15, 0.2) is 11.5 Å². The van der Waals surface area contributed by atoms with Crippen molar-refractivity contribution < 1.29 is 8.83 Å². The smallest absolute Gasteiger partial charge is 0.154 e. The molecule has 0 saturated carbocycles. The molecule has 0 amide bonds. The molecule has 0 unspecified atom stereocenters. The average molecular weight is 276 g/mol. The molecule has 4 aromatic rings. The zero-order valence-electron chi connectivity index (χ0n) is 11.4. The maximum absolute atomic E-state index is 5.49. The minimum absolute atomic E-state index is 0.677. The van der Waals surface area contributed by atoms with Crippen molar-refractivity contribution in [3.05, 3.63) is 60.6 Å². The van der Waals surface area contributed by atoms with E-state index in [1.807, 2.05) is 49.4 Å². The highest BCUT2D eigenvalue weighted by Crippen LogP contribution is 2.31. The lowest BCUT2D eigenvalue weighted by molar-refractivity contribution is 0.572. The third-order valence-electron chi connectivity index (χ3n) is 3.33. The highest BCUT2D eigenvalue weighted by Gasteiger charge is 2.16. The molecule has 1 aromatic carbocycles. The number of hydrogen-bond acceptors (Lipinski definition) is 4. The van der Waals surface area contributed by atoms with Crippen LogP contribution in [0.4, 0.5) is 0 Å². The Hall–Kier alpha value is -2.88. The van der Waals surface area contributed by atoms with Crippen LogP contribution >= 0.6 is 0 Å². The number of aryl methyl sites for hydroxylation is 1. The summed E-state index contributed by atoms with van der Waals surface area (Å²) in [6.07, 6.45) is 3.26. The van der Waals surface area contributed by atoms with E-state index in [0.717, 1.165) is 16.6 Å². The zero-order valence-corrected chi connectivity index (χ0v) is 11.4. The fraction of sp³-hybridized carbons (Fsp3) is 0.0588. The SMILES string of the molecule is Cc1ccc2nc(-c3ccco3)c(-c3ccco3)nc2c1. The fourth-order valence-corrected chi connectivity index (χ4v) is 2.33. The lowest BCUT2D eigenvalue weighted by atomic mass is 10.1. The third kappa shape index (κ3) is 2.01. The lowest BCUT2D eigenvalue weighted by Gasteiger charge is -2.06. The van der Waals surface area contributed by atoms with Gasteiger partial charge in [-0.3, -0.25) is 0 Å². The summed E-state index contributed by atoms with van der Waals surface area (Å²) in [6, 6.07) is 13.4. The standard InChI is InChI=1S/C17H12N2O2/c1-11-6-7-12-13(10-11)19-17(15-5-3-9-21-15)16(18-12)14-4-2-8-20-14/h2-10H,1H3. The normalized spacial score (nSPS) is 11.1. The molecule has 0 saturated heterocycles. The quantitative estimate of drug-likeness (QED) is 0.542. The molecule has 0 aliphatic carbocycles. The predicted octanol–water partition coefficient (Wildman–Crippen LogP) is 4.46. The molecule has 102 valence electrons. The van der Waals surface area contributed by atoms with E-state index < -0.39 is 0 Å². The van der Waals surface area contributed by atoms with E-state index in [0.29, 0.717) is 22.9 Å². The van der Waals surface area contributed by atoms with Crippen LogP contribution < -0.4 is 0 Å². The summed E-state index contributed by atoms with van der Waals surface area (Å²) in [7, 11) is 0. The van der Waals surface area contributed by atoms with Gasteiger partial charge in [0.2, 0.25) is 0 Å². The number of hydrogen-bond donors (Lipinski definition) is 0.